The van der Waals surface area contributed by atoms with E-state index in [9.17, 15) is 0 Å². The van der Waals surface area contributed by atoms with Crippen molar-refractivity contribution in [2.24, 2.45) is 7.05 Å². The van der Waals surface area contributed by atoms with Crippen molar-refractivity contribution in [2.75, 3.05) is 0 Å². The standard InChI is InChI=1S/C38H40N3.2CH3.Hf/c1-24(2)28-16-11-17-29(25(3)4)38(28)40-33-20-12-22-35-31(33)23-36(41(35)6)30-18-9-14-27-15-10-21-34(37(27)30)39-32-19-8-7-13-26(32)5;;;/h7-9,11-14,16-20,22,24-25,34H,10,15,21H2,1-6H3;2*1H3;/q-3;2*-1;. The molecule has 0 fully saturated rings. The molecule has 4 heteroatoms. The van der Waals surface area contributed by atoms with E-state index in [4.69, 9.17) is 10.6 Å². The van der Waals surface area contributed by atoms with Crippen molar-refractivity contribution in [2.45, 2.75) is 71.8 Å². The summed E-state index contributed by atoms with van der Waals surface area (Å²) in [6, 6.07) is 32.3. The largest absolute Gasteiger partial charge is 0.701 e. The van der Waals surface area contributed by atoms with Crippen LogP contribution in [0.1, 0.15) is 86.2 Å². The summed E-state index contributed by atoms with van der Waals surface area (Å²) in [7, 11) is 2.16. The van der Waals surface area contributed by atoms with Crippen molar-refractivity contribution in [1.29, 1.82) is 0 Å². The summed E-state index contributed by atoms with van der Waals surface area (Å²) in [6.07, 6.45) is 3.32. The molecule has 0 radical (unpaired) electrons. The first-order valence-electron chi connectivity index (χ1n) is 15.1. The average molecular weight is 747 g/mol. The van der Waals surface area contributed by atoms with Crippen molar-refractivity contribution >= 4 is 28.0 Å². The van der Waals surface area contributed by atoms with Crippen molar-refractivity contribution < 1.29 is 25.8 Å². The van der Waals surface area contributed by atoms with E-state index in [0.717, 1.165) is 52.9 Å². The number of rotatable bonds is 7. The molecule has 230 valence electrons. The van der Waals surface area contributed by atoms with Gasteiger partial charge in [0, 0.05) is 32.9 Å². The Bertz CT molecular complexity index is 1690. The van der Waals surface area contributed by atoms with Gasteiger partial charge in [0.05, 0.1) is 0 Å². The molecule has 44 heavy (non-hydrogen) atoms. The third-order valence-electron chi connectivity index (χ3n) is 8.65. The van der Waals surface area contributed by atoms with Crippen LogP contribution in [0.4, 0.5) is 17.1 Å². The molecule has 0 saturated heterocycles. The Labute approximate surface area is 285 Å². The van der Waals surface area contributed by atoms with Gasteiger partial charge < -0.3 is 30.1 Å². The minimum atomic E-state index is 0. The number of hydrogen-bond donors (Lipinski definition) is 0. The van der Waals surface area contributed by atoms with Crippen molar-refractivity contribution in [3.8, 4) is 11.3 Å². The molecule has 1 aromatic heterocycles. The Morgan fingerprint density at radius 3 is 2.11 bits per heavy atom. The first kappa shape index (κ1) is 35.4. The molecular formula is C40H46HfN3-5. The second-order valence-corrected chi connectivity index (χ2v) is 12.1. The van der Waals surface area contributed by atoms with Crippen LogP contribution in [-0.4, -0.2) is 4.57 Å². The zero-order chi connectivity index (χ0) is 28.7. The van der Waals surface area contributed by atoms with Crippen LogP contribution in [0.3, 0.4) is 0 Å². The van der Waals surface area contributed by atoms with Crippen LogP contribution in [0, 0.1) is 27.8 Å². The molecule has 1 unspecified atom stereocenters. The number of aryl methyl sites for hydroxylation is 3. The fraction of sp³-hybridized carbons (Fsp3) is 0.300. The van der Waals surface area contributed by atoms with Gasteiger partial charge in [0.2, 0.25) is 0 Å². The number of nitrogens with zero attached hydrogens (tertiary/aromatic N) is 3. The average Bonchev–Trinajstić information content (AvgIpc) is 3.31. The van der Waals surface area contributed by atoms with Crippen LogP contribution in [0.25, 0.3) is 32.8 Å². The van der Waals surface area contributed by atoms with Gasteiger partial charge in [-0.25, -0.2) is 5.69 Å². The number of para-hydroxylation sites is 2. The van der Waals surface area contributed by atoms with Crippen LogP contribution < -0.4 is 0 Å². The maximum atomic E-state index is 5.36. The minimum absolute atomic E-state index is 0. The maximum Gasteiger partial charge on any atom is 0.000468 e. The molecule has 0 N–H and O–H groups in total. The summed E-state index contributed by atoms with van der Waals surface area (Å²) in [5.74, 6) is 0.790. The fourth-order valence-electron chi connectivity index (χ4n) is 6.43. The molecule has 0 spiro atoms. The van der Waals surface area contributed by atoms with E-state index in [1.165, 1.54) is 33.4 Å². The second kappa shape index (κ2) is 14.8. The monoisotopic (exact) mass is 748 g/mol. The van der Waals surface area contributed by atoms with E-state index in [2.05, 4.69) is 131 Å². The molecule has 0 saturated carbocycles. The van der Waals surface area contributed by atoms with E-state index in [1.54, 1.807) is 0 Å². The summed E-state index contributed by atoms with van der Waals surface area (Å²) < 4.78 is 2.29. The molecule has 1 atom stereocenters. The fourth-order valence-corrected chi connectivity index (χ4v) is 6.43. The van der Waals surface area contributed by atoms with Crippen molar-refractivity contribution in [1.82, 2.24) is 4.57 Å². The Balaban J connectivity index is 0.00000176. The number of aromatic nitrogens is 1. The Morgan fingerprint density at radius 2 is 1.43 bits per heavy atom. The first-order chi connectivity index (χ1) is 19.8. The normalized spacial score (nSPS) is 14.0. The van der Waals surface area contributed by atoms with Gasteiger partial charge in [-0.1, -0.05) is 147 Å². The molecule has 3 nitrogen and oxygen atoms in total. The molecule has 5 aromatic rings. The molecule has 0 amide bonds. The molecule has 1 aliphatic carbocycles. The zero-order valence-corrected chi connectivity index (χ0v) is 31.3. The van der Waals surface area contributed by atoms with Gasteiger partial charge in [0.15, 0.2) is 0 Å². The van der Waals surface area contributed by atoms with Crippen LogP contribution in [0.15, 0.2) is 78.9 Å². The summed E-state index contributed by atoms with van der Waals surface area (Å²) in [4.78, 5) is 0. The molecular weight excluding hydrogens is 701 g/mol. The Morgan fingerprint density at radius 1 is 0.795 bits per heavy atom. The van der Waals surface area contributed by atoms with Crippen molar-refractivity contribution in [3.05, 3.63) is 138 Å². The van der Waals surface area contributed by atoms with E-state index in [0.29, 0.717) is 11.8 Å². The predicted octanol–water partition coefficient (Wildman–Crippen LogP) is 12.5. The van der Waals surface area contributed by atoms with Gasteiger partial charge in [-0.05, 0) is 36.4 Å². The quantitative estimate of drug-likeness (QED) is 0.117. The topological polar surface area (TPSA) is 33.1 Å². The molecule has 1 aliphatic rings. The van der Waals surface area contributed by atoms with Crippen LogP contribution in [0.5, 0.6) is 0 Å². The van der Waals surface area contributed by atoms with Gasteiger partial charge in [-0.2, -0.15) is 0 Å². The van der Waals surface area contributed by atoms with E-state index in [-0.39, 0.29) is 46.7 Å². The van der Waals surface area contributed by atoms with Gasteiger partial charge in [0.25, 0.3) is 0 Å². The zero-order valence-electron chi connectivity index (χ0n) is 27.7. The Kier molecular flexibility index (Phi) is 11.9. The van der Waals surface area contributed by atoms with Crippen LogP contribution in [0.2, 0.25) is 0 Å². The molecule has 1 heterocycles. The number of fused-ring (bicyclic) bond motifs is 2. The molecule has 0 bridgehead atoms. The Hall–Kier alpha value is -3.11. The van der Waals surface area contributed by atoms with Gasteiger partial charge in [-0.3, -0.25) is 0 Å². The summed E-state index contributed by atoms with van der Waals surface area (Å²) in [6.45, 7) is 11.2. The van der Waals surface area contributed by atoms with E-state index < -0.39 is 0 Å². The maximum absolute atomic E-state index is 5.36. The SMILES string of the molecule is Cc1ccccc1[N-]C1CCCc2cccc(-c3[c-]c4c([N-]c5c(C(C)C)cccc5C(C)C)cccc4n3C)c21.[CH3-].[CH3-].[Hf]. The van der Waals surface area contributed by atoms with Crippen LogP contribution in [-0.2, 0) is 39.3 Å². The van der Waals surface area contributed by atoms with Crippen molar-refractivity contribution in [3.63, 3.8) is 0 Å². The number of hydrogen-bond acceptors (Lipinski definition) is 0. The van der Waals surface area contributed by atoms with Gasteiger partial charge in [-0.15, -0.1) is 34.9 Å². The molecule has 0 aliphatic heterocycles. The van der Waals surface area contributed by atoms with Gasteiger partial charge >= 0.3 is 0 Å². The van der Waals surface area contributed by atoms with E-state index >= 15 is 0 Å². The van der Waals surface area contributed by atoms with Gasteiger partial charge in [0.1, 0.15) is 0 Å². The number of benzene rings is 4. The third-order valence-corrected chi connectivity index (χ3v) is 8.65. The second-order valence-electron chi connectivity index (χ2n) is 12.1. The predicted molar refractivity (Wildman–Crippen MR) is 187 cm³/mol. The molecule has 4 aromatic carbocycles. The first-order valence-corrected chi connectivity index (χ1v) is 15.1. The third kappa shape index (κ3) is 6.61. The molecule has 6 rings (SSSR count). The van der Waals surface area contributed by atoms with E-state index in [1.807, 2.05) is 0 Å². The van der Waals surface area contributed by atoms with Crippen LogP contribution >= 0.6 is 0 Å². The summed E-state index contributed by atoms with van der Waals surface area (Å²) in [5.41, 5.74) is 13.2. The minimum Gasteiger partial charge on any atom is -0.701 e. The summed E-state index contributed by atoms with van der Waals surface area (Å²) in [5, 5.41) is 11.7. The summed E-state index contributed by atoms with van der Waals surface area (Å²) >= 11 is 0. The smallest absolute Gasteiger partial charge is 0.000468 e.